The summed E-state index contributed by atoms with van der Waals surface area (Å²) in [6, 6.07) is 0. The first kappa shape index (κ1) is 29.3. The molecule has 192 valence electrons. The first-order valence-corrected chi connectivity index (χ1v) is 12.1. The second-order valence-corrected chi connectivity index (χ2v) is 9.87. The van der Waals surface area contributed by atoms with Crippen molar-refractivity contribution >= 4 is 18.3 Å². The molecule has 0 aromatic rings. The predicted octanol–water partition coefficient (Wildman–Crippen LogP) is 3.80. The van der Waals surface area contributed by atoms with E-state index in [1.54, 1.807) is 11.9 Å². The summed E-state index contributed by atoms with van der Waals surface area (Å²) in [5.74, 6) is -0.154. The van der Waals surface area contributed by atoms with Crippen molar-refractivity contribution in [1.82, 2.24) is 20.9 Å². The number of ether oxygens (including phenoxy) is 1. The van der Waals surface area contributed by atoms with Crippen LogP contribution >= 0.6 is 0 Å². The molecule has 0 aromatic carbocycles. The highest BCUT2D eigenvalue weighted by Gasteiger charge is 2.36. The molecule has 8 nitrogen and oxygen atoms in total. The number of hydrogen-bond acceptors (Lipinski definition) is 6. The maximum absolute atomic E-state index is 12.7. The summed E-state index contributed by atoms with van der Waals surface area (Å²) in [5, 5.41) is 9.67. The van der Waals surface area contributed by atoms with Crippen LogP contribution in [0.4, 0.5) is 4.79 Å². The summed E-state index contributed by atoms with van der Waals surface area (Å²) in [6.07, 6.45) is 7.20. The molecule has 1 heterocycles. The van der Waals surface area contributed by atoms with Gasteiger partial charge < -0.3 is 30.4 Å². The third kappa shape index (κ3) is 9.23. The summed E-state index contributed by atoms with van der Waals surface area (Å²) in [6.45, 7) is 15.0. The van der Waals surface area contributed by atoms with E-state index in [-0.39, 0.29) is 17.5 Å². The smallest absolute Gasteiger partial charge is 0.410 e. The van der Waals surface area contributed by atoms with Crippen LogP contribution in [0.2, 0.25) is 0 Å². The van der Waals surface area contributed by atoms with E-state index in [9.17, 15) is 14.4 Å². The summed E-state index contributed by atoms with van der Waals surface area (Å²) >= 11 is 0. The molecule has 8 heteroatoms. The first-order chi connectivity index (χ1) is 15.9. The minimum absolute atomic E-state index is 0.154. The molecule has 0 unspecified atom stereocenters. The summed E-state index contributed by atoms with van der Waals surface area (Å²) in [4.78, 5) is 37.7. The number of rotatable bonds is 10. The molecule has 3 N–H and O–H groups in total. The number of likely N-dealkylation sites (N-methyl/N-ethyl adjacent to an activating group) is 1. The highest BCUT2D eigenvalue weighted by Crippen LogP contribution is 2.28. The van der Waals surface area contributed by atoms with Crippen molar-refractivity contribution in [3.05, 3.63) is 34.7 Å². The van der Waals surface area contributed by atoms with Crippen molar-refractivity contribution in [1.29, 1.82) is 0 Å². The molecular weight excluding hydrogens is 432 g/mol. The fourth-order valence-electron chi connectivity index (χ4n) is 3.90. The minimum Gasteiger partial charge on any atom is -0.444 e. The summed E-state index contributed by atoms with van der Waals surface area (Å²) in [7, 11) is 1.62. The Morgan fingerprint density at radius 3 is 2.24 bits per heavy atom. The van der Waals surface area contributed by atoms with Gasteiger partial charge in [0.2, 0.25) is 5.91 Å². The van der Waals surface area contributed by atoms with E-state index in [2.05, 4.69) is 22.9 Å². The number of hydrogen-bond donors (Lipinski definition) is 3. The Morgan fingerprint density at radius 2 is 1.76 bits per heavy atom. The number of amides is 2. The zero-order valence-electron chi connectivity index (χ0n) is 22.3. The third-order valence-corrected chi connectivity index (χ3v) is 6.04. The largest absolute Gasteiger partial charge is 0.444 e. The summed E-state index contributed by atoms with van der Waals surface area (Å²) in [5.41, 5.74) is 2.50. The van der Waals surface area contributed by atoms with Crippen molar-refractivity contribution in [2.75, 3.05) is 26.7 Å². The Bertz CT molecular complexity index is 813. The molecule has 1 rings (SSSR count). The van der Waals surface area contributed by atoms with Gasteiger partial charge in [0.1, 0.15) is 11.9 Å². The maximum atomic E-state index is 12.7. The second-order valence-electron chi connectivity index (χ2n) is 9.87. The zero-order valence-corrected chi connectivity index (χ0v) is 22.3. The van der Waals surface area contributed by atoms with Crippen LogP contribution < -0.4 is 16.0 Å². The van der Waals surface area contributed by atoms with E-state index in [0.717, 1.165) is 42.5 Å². The van der Waals surface area contributed by atoms with Gasteiger partial charge in [0, 0.05) is 50.0 Å². The van der Waals surface area contributed by atoms with Crippen LogP contribution in [-0.2, 0) is 14.3 Å². The molecule has 2 amide bonds. The molecule has 0 saturated carbocycles. The van der Waals surface area contributed by atoms with E-state index >= 15 is 0 Å². The van der Waals surface area contributed by atoms with E-state index in [1.165, 1.54) is 0 Å². The number of nitrogens with zero attached hydrogens (tertiary/aromatic N) is 1. The van der Waals surface area contributed by atoms with Crippen LogP contribution in [0, 0.1) is 0 Å². The van der Waals surface area contributed by atoms with Gasteiger partial charge in [-0.1, -0.05) is 18.6 Å². The van der Waals surface area contributed by atoms with E-state index in [4.69, 9.17) is 4.74 Å². The van der Waals surface area contributed by atoms with Gasteiger partial charge >= 0.3 is 6.09 Å². The number of carbonyl (C=O) groups excluding carboxylic acids is 3. The SMILES string of the molecule is C/C=C(\C=C(\C)CC=O)NC/C(C(=O)NC)=C(/C)NC1(CC)CCN(C(=O)OC(C)(C)C)CC1. The first-order valence-electron chi connectivity index (χ1n) is 12.1. The average Bonchev–Trinajstić information content (AvgIpc) is 2.77. The lowest BCUT2D eigenvalue weighted by Crippen LogP contribution is -2.54. The number of allylic oxidation sites excluding steroid dienone is 4. The Balaban J connectivity index is 2.97. The van der Waals surface area contributed by atoms with Crippen LogP contribution in [0.5, 0.6) is 0 Å². The average molecular weight is 477 g/mol. The number of carbonyl (C=O) groups is 3. The van der Waals surface area contributed by atoms with Gasteiger partial charge in [0.05, 0.1) is 5.57 Å². The van der Waals surface area contributed by atoms with Crippen molar-refractivity contribution in [2.24, 2.45) is 0 Å². The van der Waals surface area contributed by atoms with Crippen LogP contribution in [0.3, 0.4) is 0 Å². The molecule has 34 heavy (non-hydrogen) atoms. The molecule has 0 bridgehead atoms. The molecule has 0 radical (unpaired) electrons. The lowest BCUT2D eigenvalue weighted by molar-refractivity contribution is -0.117. The molecule has 1 aliphatic heterocycles. The van der Waals surface area contributed by atoms with E-state index in [0.29, 0.717) is 31.6 Å². The molecule has 0 spiro atoms. The molecule has 1 aliphatic rings. The Morgan fingerprint density at radius 1 is 1.15 bits per heavy atom. The minimum atomic E-state index is -0.518. The standard InChI is InChI=1S/C26H44N4O4/c1-9-21(17-19(3)11-16-31)28-18-22(23(32)27-8)20(4)29-26(10-2)12-14-30(15-13-26)24(33)34-25(5,6)7/h9,16-17,28-29H,10-15,18H2,1-8H3,(H,27,32)/b19-17-,21-9+,22-20+. The highest BCUT2D eigenvalue weighted by atomic mass is 16.6. The number of aldehydes is 1. The number of likely N-dealkylation sites (tertiary alicyclic amines) is 1. The van der Waals surface area contributed by atoms with E-state index < -0.39 is 5.60 Å². The van der Waals surface area contributed by atoms with Crippen LogP contribution in [0.25, 0.3) is 0 Å². The van der Waals surface area contributed by atoms with Gasteiger partial charge in [0.25, 0.3) is 0 Å². The van der Waals surface area contributed by atoms with Gasteiger partial charge in [-0.3, -0.25) is 4.79 Å². The maximum Gasteiger partial charge on any atom is 0.410 e. The Hall–Kier alpha value is -2.77. The van der Waals surface area contributed by atoms with Gasteiger partial charge in [-0.15, -0.1) is 0 Å². The van der Waals surface area contributed by atoms with Crippen molar-refractivity contribution < 1.29 is 19.1 Å². The van der Waals surface area contributed by atoms with E-state index in [1.807, 2.05) is 53.7 Å². The second kappa shape index (κ2) is 13.2. The van der Waals surface area contributed by atoms with Crippen LogP contribution in [0.1, 0.15) is 74.1 Å². The lowest BCUT2D eigenvalue weighted by atomic mass is 9.84. The lowest BCUT2D eigenvalue weighted by Gasteiger charge is -2.43. The fraction of sp³-hybridized carbons (Fsp3) is 0.654. The highest BCUT2D eigenvalue weighted by molar-refractivity contribution is 5.94. The van der Waals surface area contributed by atoms with Crippen molar-refractivity contribution in [3.8, 4) is 0 Å². The molecule has 1 fully saturated rings. The normalized spacial score (nSPS) is 17.5. The summed E-state index contributed by atoms with van der Waals surface area (Å²) < 4.78 is 5.52. The number of nitrogens with one attached hydrogen (secondary N) is 3. The zero-order chi connectivity index (χ0) is 25.9. The quantitative estimate of drug-likeness (QED) is 0.252. The molecular formula is C26H44N4O4. The molecule has 0 aliphatic carbocycles. The van der Waals surface area contributed by atoms with Crippen molar-refractivity contribution in [2.45, 2.75) is 85.3 Å². The van der Waals surface area contributed by atoms with Gasteiger partial charge in [-0.05, 0) is 66.9 Å². The van der Waals surface area contributed by atoms with Gasteiger partial charge in [-0.25, -0.2) is 4.79 Å². The Kier molecular flexibility index (Phi) is 11.4. The van der Waals surface area contributed by atoms with Gasteiger partial charge in [-0.2, -0.15) is 0 Å². The monoisotopic (exact) mass is 476 g/mol. The Labute approximate surface area is 205 Å². The van der Waals surface area contributed by atoms with Crippen LogP contribution in [-0.4, -0.2) is 61.0 Å². The topological polar surface area (TPSA) is 99.8 Å². The predicted molar refractivity (Wildman–Crippen MR) is 136 cm³/mol. The van der Waals surface area contributed by atoms with Crippen molar-refractivity contribution in [3.63, 3.8) is 0 Å². The third-order valence-electron chi connectivity index (χ3n) is 6.04. The molecule has 0 atom stereocenters. The number of piperidine rings is 1. The fourth-order valence-corrected chi connectivity index (χ4v) is 3.90. The molecule has 1 saturated heterocycles. The molecule has 0 aromatic heterocycles. The van der Waals surface area contributed by atoms with Gasteiger partial charge in [0.15, 0.2) is 0 Å². The van der Waals surface area contributed by atoms with Crippen LogP contribution in [0.15, 0.2) is 34.7 Å².